The highest BCUT2D eigenvalue weighted by atomic mass is 16.6. The van der Waals surface area contributed by atoms with Crippen molar-refractivity contribution in [3.8, 4) is 6.01 Å². The molecule has 0 aliphatic carbocycles. The summed E-state index contributed by atoms with van der Waals surface area (Å²) >= 11 is 0. The number of hydrogen-bond acceptors (Lipinski definition) is 6. The van der Waals surface area contributed by atoms with Crippen LogP contribution in [-0.4, -0.2) is 32.8 Å². The maximum atomic E-state index is 13.7. The number of aromatic nitrogens is 2. The Morgan fingerprint density at radius 3 is 2.39 bits per heavy atom. The minimum absolute atomic E-state index is 0. The van der Waals surface area contributed by atoms with E-state index in [1.165, 1.54) is 0 Å². The van der Waals surface area contributed by atoms with E-state index in [9.17, 15) is 4.79 Å². The average Bonchev–Trinajstić information content (AvgIpc) is 2.84. The SMILES string of the molecule is [2H]OC(=O)[C@@](C)(Oc1nc(C)cc(CC)n1)C(OC(C)C)(c1ccc(C)c(C)c1)c1cccc(C)c1C.[HH].[HH].[HH].[HH].[HH].[HH].[HH].[HH].[HH].[HH].[HH].[HH].[HH].[HH].[HH].[HH].[HH].[HH].[HH].[HH].[HH].[HH].[HH].[HH].[HH].[HH].[HH].[HH].[HH].[HH].[HH].[HH].[HH].[HH].[HH].[HH].[HH].[HH].[HH].[HH].[HH].[HH].[HH].[HH].[HH].[HH].[HH].[HH].[HH].[HH].[HH].[HH].[HH].[HH].[HH].[HH].[HH].[HH].[HH].[HH].[HH].[HH].[HH].[HH].[HH].[HH].[HH].[HH].[HH].[HH].[HH].[HH].[HH].[HH].[HH].[HH].[HH].[HH].[HH]. The van der Waals surface area contributed by atoms with E-state index in [0.29, 0.717) is 17.7 Å². The summed E-state index contributed by atoms with van der Waals surface area (Å²) in [6.45, 7) is 17.3. The Morgan fingerprint density at radius 1 is 1.06 bits per heavy atom. The number of carboxylic acid groups (broad SMARTS) is 1. The van der Waals surface area contributed by atoms with Gasteiger partial charge in [0.2, 0.25) is 5.60 Å². The van der Waals surface area contributed by atoms with Crippen molar-refractivity contribution in [2.24, 2.45) is 0 Å². The molecule has 36 heavy (non-hydrogen) atoms. The predicted octanol–water partition coefficient (Wildman–Crippen LogP) is 25.6. The average molecular weight is 651 g/mol. The molecule has 0 aliphatic rings. The number of rotatable bonds is 9. The van der Waals surface area contributed by atoms with Crippen LogP contribution >= 0.6 is 0 Å². The number of nitrogens with zero attached hydrogens (tertiary/aromatic N) is 2. The molecule has 6 heteroatoms. The first-order valence-corrected chi connectivity index (χ1v) is 12.4. The van der Waals surface area contributed by atoms with E-state index in [2.05, 4.69) is 15.1 Å². The highest BCUT2D eigenvalue weighted by Crippen LogP contribution is 2.48. The van der Waals surface area contributed by atoms with Crippen LogP contribution in [0.3, 0.4) is 0 Å². The number of carboxylic acids is 1. The lowest BCUT2D eigenvalue weighted by atomic mass is 9.70. The molecule has 0 aliphatic heterocycles. The largest absolute Gasteiger partial charge is 0.478 e. The standard InChI is InChI=1S/C30H38N2O4.79H2/c1-10-25-17-22(7)31-28(32-25)36-29(9,27(33)34)30(35-18(2)3,24-15-14-19(4)21(6)16-24)26-13-11-12-20(5)23(26)8;;;;;;;;;;;;;;;;;;;;;;;;;;;;;;;;;;;;;;;;;;;;;;;;;;;;;;;;;;;;;;;;;;;;;;;;;;;;;;;/h11-18H,10H2,1-9H3,(H,33,34);79*1H/t29-,30?;;;;;;;;;;;;;;;;;;;;;;;;;;;;;;;;;;;;;;;;;;;;;;;;;;;;;;;;;;;;;;;;;;;;;;;;;;;;;;;/m1.............................................................................../s1/i/hD. The lowest BCUT2D eigenvalue weighted by molar-refractivity contribution is -0.196. The fourth-order valence-corrected chi connectivity index (χ4v) is 4.65. The number of carbonyl (C=O) groups is 1. The van der Waals surface area contributed by atoms with Gasteiger partial charge in [-0.2, -0.15) is 0 Å². The summed E-state index contributed by atoms with van der Waals surface area (Å²) in [5, 5.41) is 4.68. The lowest BCUT2D eigenvalue weighted by Crippen LogP contribution is -2.62. The molecular weight excluding hydrogens is 452 g/mol. The van der Waals surface area contributed by atoms with Gasteiger partial charge in [-0.3, -0.25) is 0 Å². The lowest BCUT2D eigenvalue weighted by Gasteiger charge is -2.47. The minimum atomic E-state index is -1.88. The first-order chi connectivity index (χ1) is 17.4. The molecule has 0 radical (unpaired) electrons. The monoisotopic (exact) mass is 651 g/mol. The van der Waals surface area contributed by atoms with Crippen LogP contribution in [-0.2, 0) is 21.6 Å². The van der Waals surface area contributed by atoms with Gasteiger partial charge in [-0.25, -0.2) is 14.8 Å². The van der Waals surface area contributed by atoms with E-state index in [0.717, 1.165) is 33.5 Å². The van der Waals surface area contributed by atoms with Crippen LogP contribution in [0, 0.1) is 34.6 Å². The molecule has 1 unspecified atom stereocenters. The smallest absolute Gasteiger partial charge is 0.351 e. The van der Waals surface area contributed by atoms with Gasteiger partial charge < -0.3 is 14.6 Å². The van der Waals surface area contributed by atoms with Crippen molar-refractivity contribution in [2.75, 3.05) is 0 Å². The first kappa shape index (κ1) is 25.8. The molecule has 0 spiro atoms. The van der Waals surface area contributed by atoms with Gasteiger partial charge in [0.25, 0.3) is 1.43 Å². The van der Waals surface area contributed by atoms with Gasteiger partial charge >= 0.3 is 12.0 Å². The van der Waals surface area contributed by atoms with Crippen molar-refractivity contribution in [2.45, 2.75) is 86.0 Å². The third-order valence-corrected chi connectivity index (χ3v) is 6.92. The van der Waals surface area contributed by atoms with E-state index >= 15 is 0 Å². The fourth-order valence-electron chi connectivity index (χ4n) is 4.65. The molecule has 0 fully saturated rings. The van der Waals surface area contributed by atoms with Gasteiger partial charge in [0.15, 0.2) is 5.60 Å². The number of aliphatic carboxylic acids is 1. The van der Waals surface area contributed by atoms with Crippen molar-refractivity contribution >= 4 is 5.97 Å². The highest BCUT2D eigenvalue weighted by Gasteiger charge is 2.61. The molecule has 0 amide bonds. The second kappa shape index (κ2) is 10.4. The van der Waals surface area contributed by atoms with Gasteiger partial charge in [0, 0.05) is 124 Å². The Kier molecular flexibility index (Phi) is 7.46. The topological polar surface area (TPSA) is 81.5 Å². The first-order valence-electron chi connectivity index (χ1n) is 12.8. The molecular formula is C30H196N2O4. The predicted molar refractivity (Wildman–Crippen MR) is 309 cm³/mol. The Hall–Kier alpha value is -3.25. The third-order valence-electron chi connectivity index (χ3n) is 6.92. The van der Waals surface area contributed by atoms with Gasteiger partial charge in [0.05, 0.1) is 6.10 Å². The molecule has 1 heterocycles. The second-order valence-corrected chi connectivity index (χ2v) is 9.95. The van der Waals surface area contributed by atoms with Gasteiger partial charge in [-0.1, -0.05) is 43.3 Å². The quantitative estimate of drug-likeness (QED) is 0.248. The Bertz CT molecular complexity index is 1390. The highest BCUT2D eigenvalue weighted by molar-refractivity contribution is 5.81. The van der Waals surface area contributed by atoms with E-state index in [1.54, 1.807) is 6.92 Å². The zero-order valence-corrected chi connectivity index (χ0v) is 22.9. The van der Waals surface area contributed by atoms with Crippen LogP contribution in [0.2, 0.25) is 0 Å². The summed E-state index contributed by atoms with van der Waals surface area (Å²) in [6, 6.07) is 13.7. The number of hydrogen-bond donors (Lipinski definition) is 1. The zero-order valence-electron chi connectivity index (χ0n) is 23.9. The molecule has 350 valence electrons. The van der Waals surface area contributed by atoms with Crippen molar-refractivity contribution in [3.05, 3.63) is 87.2 Å². The second-order valence-electron chi connectivity index (χ2n) is 9.95. The third kappa shape index (κ3) is 4.87. The van der Waals surface area contributed by atoms with E-state index in [1.807, 2.05) is 97.9 Å². The molecule has 6 nitrogen and oxygen atoms in total. The van der Waals surface area contributed by atoms with Crippen LogP contribution < -0.4 is 4.74 Å². The fraction of sp³-hybridized carbons (Fsp3) is 0.433. The number of ether oxygens (including phenoxy) is 2. The summed E-state index contributed by atoms with van der Waals surface area (Å²) in [4.78, 5) is 22.8. The van der Waals surface area contributed by atoms with Gasteiger partial charge in [-0.05, 0) is 101 Å². The van der Waals surface area contributed by atoms with E-state index < -0.39 is 17.2 Å². The van der Waals surface area contributed by atoms with Crippen LogP contribution in [0.15, 0.2) is 42.5 Å². The number of aryl methyl sites for hydroxylation is 5. The molecule has 2 aromatic carbocycles. The van der Waals surface area contributed by atoms with Crippen LogP contribution in [0.5, 0.6) is 6.01 Å². The maximum absolute atomic E-state index is 13.7. The maximum Gasteiger partial charge on any atom is 0.351 e. The zero-order chi connectivity index (χ0) is 27.5. The minimum Gasteiger partial charge on any atom is -0.478 e. The van der Waals surface area contributed by atoms with E-state index in [4.69, 9.17) is 10.9 Å². The molecule has 0 saturated heterocycles. The van der Waals surface area contributed by atoms with Crippen molar-refractivity contribution in [1.29, 1.82) is 1.43 Å². The summed E-state index contributed by atoms with van der Waals surface area (Å²) < 4.78 is 21.0. The Labute approximate surface area is 333 Å². The van der Waals surface area contributed by atoms with Crippen LogP contribution in [0.4, 0.5) is 0 Å². The van der Waals surface area contributed by atoms with Crippen molar-refractivity contribution in [3.63, 3.8) is 0 Å². The van der Waals surface area contributed by atoms with Gasteiger partial charge in [0.1, 0.15) is 0 Å². The van der Waals surface area contributed by atoms with Crippen LogP contribution in [0.1, 0.15) is 185 Å². The molecule has 0 saturated carbocycles. The van der Waals surface area contributed by atoms with Gasteiger partial charge in [-0.15, -0.1) is 0 Å². The summed E-state index contributed by atoms with van der Waals surface area (Å²) in [5.41, 5.74) is 3.63. The summed E-state index contributed by atoms with van der Waals surface area (Å²) in [5.74, 6) is -0.921. The van der Waals surface area contributed by atoms with Crippen molar-refractivity contribution in [1.82, 2.24) is 9.97 Å². The summed E-state index contributed by atoms with van der Waals surface area (Å²) in [6.07, 6.45) is 0.341. The molecule has 1 aromatic heterocycles. The molecule has 0 bridgehead atoms. The molecule has 2 atom stereocenters. The molecule has 3 rings (SSSR count). The summed E-state index contributed by atoms with van der Waals surface area (Å²) in [7, 11) is 0. The molecule has 1 N–H and O–H groups in total. The van der Waals surface area contributed by atoms with Crippen LogP contribution in [0.25, 0.3) is 1.43 Å². The normalized spacial score (nSPS) is 15.1. The van der Waals surface area contributed by atoms with Crippen molar-refractivity contribution < 1.29 is 132 Å². The number of benzene rings is 2. The van der Waals surface area contributed by atoms with E-state index in [-0.39, 0.29) is 125 Å². The Balaban J connectivity index is -0.00000000257. The Morgan fingerprint density at radius 2 is 1.78 bits per heavy atom. The molecule has 3 aromatic rings.